The topological polar surface area (TPSA) is 26.3 Å². The second-order valence-corrected chi connectivity index (χ2v) is 14.1. The largest absolute Gasteiger partial charge is 0.465 e. The van der Waals surface area contributed by atoms with E-state index in [-0.39, 0.29) is 11.9 Å². The Balaban J connectivity index is 1.67. The van der Waals surface area contributed by atoms with Crippen LogP contribution in [0.1, 0.15) is 19.3 Å². The Labute approximate surface area is 116 Å². The molecule has 0 N–H and O–H groups in total. The van der Waals surface area contributed by atoms with Crippen molar-refractivity contribution in [2.45, 2.75) is 25.3 Å². The number of hydrogen-bond donors (Lipinski definition) is 0. The van der Waals surface area contributed by atoms with Crippen molar-refractivity contribution in [1.82, 2.24) is 0 Å². The monoisotopic (exact) mass is 312 g/mol. The lowest BCUT2D eigenvalue weighted by atomic mass is 9.94. The van der Waals surface area contributed by atoms with Crippen LogP contribution in [-0.4, -0.2) is 18.6 Å². The molecule has 0 radical (unpaired) electrons. The molecule has 1 saturated carbocycles. The average molecular weight is 314 g/mol. The number of esters is 1. The number of rotatable bonds is 5. The maximum Gasteiger partial charge on any atom is 0.341 e. The molecule has 3 unspecified atom stereocenters. The van der Waals surface area contributed by atoms with E-state index < -0.39 is 6.00 Å². The molecular formula is C11H15Cl3O2Si. The van der Waals surface area contributed by atoms with Crippen LogP contribution in [-0.2, 0) is 9.53 Å². The zero-order chi connectivity index (χ0) is 12.5. The van der Waals surface area contributed by atoms with Gasteiger partial charge in [0.1, 0.15) is 0 Å². The molecule has 2 aliphatic rings. The number of carbonyl (C=O) groups is 1. The molecule has 2 rings (SSSR count). The number of hydrogen-bond acceptors (Lipinski definition) is 2. The third kappa shape index (κ3) is 3.88. The lowest BCUT2D eigenvalue weighted by Gasteiger charge is -2.16. The predicted molar refractivity (Wildman–Crippen MR) is 72.5 cm³/mol. The number of halogens is 3. The summed E-state index contributed by atoms with van der Waals surface area (Å²) in [6, 6.07) is -2.02. The highest BCUT2D eigenvalue weighted by Crippen LogP contribution is 2.43. The van der Waals surface area contributed by atoms with E-state index in [2.05, 4.69) is 12.2 Å². The molecule has 2 aliphatic carbocycles. The summed E-state index contributed by atoms with van der Waals surface area (Å²) in [5, 5.41) is 0. The molecule has 96 valence electrons. The van der Waals surface area contributed by atoms with Crippen LogP contribution in [0.4, 0.5) is 0 Å². The van der Waals surface area contributed by atoms with Crippen LogP contribution in [0.3, 0.4) is 0 Å². The number of carbonyl (C=O) groups excluding carboxylic acids is 1. The number of allylic oxidation sites excluding steroid dienone is 2. The molecule has 0 saturated heterocycles. The van der Waals surface area contributed by atoms with Crippen LogP contribution in [0.2, 0.25) is 6.04 Å². The van der Waals surface area contributed by atoms with Gasteiger partial charge < -0.3 is 4.74 Å². The van der Waals surface area contributed by atoms with E-state index in [0.717, 1.165) is 12.8 Å². The van der Waals surface area contributed by atoms with Crippen molar-refractivity contribution in [2.75, 3.05) is 6.61 Å². The molecule has 0 aromatic carbocycles. The van der Waals surface area contributed by atoms with Crippen molar-refractivity contribution in [3.8, 4) is 0 Å². The molecular weight excluding hydrogens is 299 g/mol. The number of fused-ring (bicyclic) bond motifs is 2. The van der Waals surface area contributed by atoms with E-state index in [0.29, 0.717) is 30.9 Å². The summed E-state index contributed by atoms with van der Waals surface area (Å²) < 4.78 is 5.25. The summed E-state index contributed by atoms with van der Waals surface area (Å²) >= 11 is 17.2. The summed E-state index contributed by atoms with van der Waals surface area (Å²) in [6.07, 6.45) is 7.06. The molecule has 0 spiro atoms. The lowest BCUT2D eigenvalue weighted by Crippen LogP contribution is -2.22. The van der Waals surface area contributed by atoms with Gasteiger partial charge in [-0.05, 0) is 37.1 Å². The molecule has 0 aromatic heterocycles. The Bertz CT molecular complexity index is 327. The van der Waals surface area contributed by atoms with Gasteiger partial charge in [-0.15, -0.1) is 33.2 Å². The van der Waals surface area contributed by atoms with Crippen molar-refractivity contribution >= 4 is 45.2 Å². The first-order chi connectivity index (χ1) is 7.96. The molecule has 3 atom stereocenters. The van der Waals surface area contributed by atoms with Crippen LogP contribution in [0.25, 0.3) is 0 Å². The smallest absolute Gasteiger partial charge is 0.341 e. The Morgan fingerprint density at radius 3 is 2.59 bits per heavy atom. The molecule has 0 aliphatic heterocycles. The van der Waals surface area contributed by atoms with Crippen LogP contribution < -0.4 is 0 Å². The molecule has 0 amide bonds. The molecule has 6 heteroatoms. The SMILES string of the molecule is O=C(OCCC[Si](Cl)(Cl)Cl)C1CC2C=CC1C2. The Hall–Kier alpha value is 0.297. The Morgan fingerprint density at radius 1 is 1.29 bits per heavy atom. The maximum absolute atomic E-state index is 11.8. The van der Waals surface area contributed by atoms with Crippen molar-refractivity contribution in [1.29, 1.82) is 0 Å². The number of ether oxygens (including phenoxy) is 1. The Morgan fingerprint density at radius 2 is 2.06 bits per heavy atom. The molecule has 1 fully saturated rings. The minimum atomic E-state index is -2.56. The van der Waals surface area contributed by atoms with Gasteiger partial charge in [0, 0.05) is 0 Å². The van der Waals surface area contributed by atoms with Gasteiger partial charge in [0.15, 0.2) is 0 Å². The van der Waals surface area contributed by atoms with E-state index >= 15 is 0 Å². The highest BCUT2D eigenvalue weighted by atomic mass is 35.8. The van der Waals surface area contributed by atoms with Gasteiger partial charge in [0.05, 0.1) is 12.5 Å². The summed E-state index contributed by atoms with van der Waals surface area (Å²) in [4.78, 5) is 11.8. The fourth-order valence-corrected chi connectivity index (χ4v) is 4.35. The Kier molecular flexibility index (Phi) is 4.45. The van der Waals surface area contributed by atoms with Crippen LogP contribution >= 0.6 is 33.2 Å². The predicted octanol–water partition coefficient (Wildman–Crippen LogP) is 3.79. The minimum absolute atomic E-state index is 0.0648. The first kappa shape index (κ1) is 13.7. The fraction of sp³-hybridized carbons (Fsp3) is 0.727. The first-order valence-corrected chi connectivity index (χ1v) is 11.1. The molecule has 2 nitrogen and oxygen atoms in total. The lowest BCUT2D eigenvalue weighted by molar-refractivity contribution is -0.149. The van der Waals surface area contributed by atoms with Gasteiger partial charge in [0.25, 0.3) is 0 Å². The normalized spacial score (nSPS) is 30.9. The summed E-state index contributed by atoms with van der Waals surface area (Å²) in [5.41, 5.74) is 0. The van der Waals surface area contributed by atoms with Gasteiger partial charge in [-0.3, -0.25) is 4.79 Å². The summed E-state index contributed by atoms with van der Waals surface area (Å²) in [7, 11) is 0. The quantitative estimate of drug-likeness (QED) is 0.254. The van der Waals surface area contributed by atoms with Crippen molar-refractivity contribution < 1.29 is 9.53 Å². The third-order valence-corrected chi connectivity index (χ3v) is 6.05. The van der Waals surface area contributed by atoms with Crippen LogP contribution in [0.15, 0.2) is 12.2 Å². The van der Waals surface area contributed by atoms with Crippen LogP contribution in [0, 0.1) is 17.8 Å². The van der Waals surface area contributed by atoms with Crippen molar-refractivity contribution in [3.05, 3.63) is 12.2 Å². The highest BCUT2D eigenvalue weighted by molar-refractivity contribution is 7.64. The zero-order valence-electron chi connectivity index (χ0n) is 9.37. The van der Waals surface area contributed by atoms with Gasteiger partial charge >= 0.3 is 12.0 Å². The van der Waals surface area contributed by atoms with E-state index in [4.69, 9.17) is 38.0 Å². The van der Waals surface area contributed by atoms with E-state index in [9.17, 15) is 4.79 Å². The summed E-state index contributed by atoms with van der Waals surface area (Å²) in [5.74, 6) is 0.976. The van der Waals surface area contributed by atoms with Gasteiger partial charge in [0.2, 0.25) is 0 Å². The summed E-state index contributed by atoms with van der Waals surface area (Å²) in [6.45, 7) is 0.372. The standard InChI is InChI=1S/C11H15Cl3O2Si/c12-17(13,14)5-1-4-16-11(15)10-7-8-2-3-9(10)6-8/h2-3,8-10H,1,4-7H2. The first-order valence-electron chi connectivity index (χ1n) is 5.87. The minimum Gasteiger partial charge on any atom is -0.465 e. The van der Waals surface area contributed by atoms with Gasteiger partial charge in [-0.25, -0.2) is 0 Å². The van der Waals surface area contributed by atoms with Gasteiger partial charge in [-0.2, -0.15) is 0 Å². The molecule has 0 aromatic rings. The second kappa shape index (κ2) is 5.51. The zero-order valence-corrected chi connectivity index (χ0v) is 12.6. The van der Waals surface area contributed by atoms with E-state index in [1.807, 2.05) is 0 Å². The molecule has 0 heterocycles. The van der Waals surface area contributed by atoms with Crippen molar-refractivity contribution in [2.24, 2.45) is 17.8 Å². The molecule has 2 bridgehead atoms. The van der Waals surface area contributed by atoms with Crippen LogP contribution in [0.5, 0.6) is 0 Å². The van der Waals surface area contributed by atoms with E-state index in [1.165, 1.54) is 0 Å². The fourth-order valence-electron chi connectivity index (χ4n) is 2.60. The average Bonchev–Trinajstić information content (AvgIpc) is 2.84. The van der Waals surface area contributed by atoms with Crippen molar-refractivity contribution in [3.63, 3.8) is 0 Å². The van der Waals surface area contributed by atoms with Gasteiger partial charge in [-0.1, -0.05) is 12.2 Å². The molecule has 17 heavy (non-hydrogen) atoms. The highest BCUT2D eigenvalue weighted by Gasteiger charge is 2.40. The van der Waals surface area contributed by atoms with E-state index in [1.54, 1.807) is 0 Å². The maximum atomic E-state index is 11.8. The third-order valence-electron chi connectivity index (χ3n) is 3.43. The second-order valence-electron chi connectivity index (χ2n) is 4.77.